The van der Waals surface area contributed by atoms with E-state index < -0.39 is 24.5 Å². The van der Waals surface area contributed by atoms with Crippen LogP contribution in [0.4, 0.5) is 0 Å². The van der Waals surface area contributed by atoms with Gasteiger partial charge in [0.2, 0.25) is 8.32 Å². The number of hydrogen-bond acceptors (Lipinski definition) is 2. The van der Waals surface area contributed by atoms with E-state index in [0.717, 1.165) is 5.19 Å². The van der Waals surface area contributed by atoms with Gasteiger partial charge in [-0.15, -0.1) is 0 Å². The van der Waals surface area contributed by atoms with Crippen LogP contribution in [-0.4, -0.2) is 38.1 Å². The van der Waals surface area contributed by atoms with Crippen molar-refractivity contribution in [2.75, 3.05) is 0 Å². The van der Waals surface area contributed by atoms with Crippen molar-refractivity contribution in [1.29, 1.82) is 0 Å². The second-order valence-corrected chi connectivity index (χ2v) is 28.2. The standard InChI is InChI=1S/C17H23Si2.C11H20OSi2.O.2Rh/c1-18(2)16-10-6-14(7-11-16)15-8-12-17(13-9-15)19(3,4)5;1-13(2,3)10-6-8-11(9-7-10)14(4,5)12;;;/h6-13H,1-5H3;6-9,12H,1-5H3;;;. The molecular formula is C28H43O2Rh2Si4. The topological polar surface area (TPSA) is 37.3 Å². The van der Waals surface area contributed by atoms with Gasteiger partial charge in [0.05, 0.1) is 24.9 Å². The molecule has 0 aromatic heterocycles. The van der Waals surface area contributed by atoms with Gasteiger partial charge in [0.25, 0.3) is 0 Å². The van der Waals surface area contributed by atoms with Crippen molar-refractivity contribution < 1.29 is 46.1 Å². The molecule has 0 atom stereocenters. The Morgan fingerprint density at radius 2 is 0.833 bits per heavy atom. The average molecular weight is 730 g/mol. The van der Waals surface area contributed by atoms with E-state index >= 15 is 0 Å². The molecule has 0 bridgehead atoms. The summed E-state index contributed by atoms with van der Waals surface area (Å²) in [5, 5.41) is 5.62. The van der Waals surface area contributed by atoms with Gasteiger partial charge in [-0.05, 0) is 29.4 Å². The van der Waals surface area contributed by atoms with Crippen LogP contribution >= 0.6 is 0 Å². The zero-order chi connectivity index (χ0) is 27.0. The van der Waals surface area contributed by atoms with Gasteiger partial charge in [-0.2, -0.15) is 0 Å². The third-order valence-corrected chi connectivity index (χ3v) is 13.4. The molecule has 0 saturated heterocycles. The number of benzene rings is 3. The van der Waals surface area contributed by atoms with Crippen LogP contribution in [0.15, 0.2) is 72.8 Å². The van der Waals surface area contributed by atoms with E-state index in [9.17, 15) is 4.80 Å². The zero-order valence-corrected chi connectivity index (χ0v) is 30.7. The molecule has 0 heterocycles. The summed E-state index contributed by atoms with van der Waals surface area (Å²) in [6, 6.07) is 26.8. The molecule has 8 heteroatoms. The molecule has 1 N–H and O–H groups in total. The Morgan fingerprint density at radius 1 is 0.556 bits per heavy atom. The van der Waals surface area contributed by atoms with Gasteiger partial charge in [-0.3, -0.25) is 0 Å². The van der Waals surface area contributed by atoms with Crippen molar-refractivity contribution in [2.45, 2.75) is 65.5 Å². The third-order valence-electron chi connectivity index (χ3n) is 6.00. The maximum Gasteiger partial charge on any atom is 0 e. The molecule has 3 aromatic carbocycles. The van der Waals surface area contributed by atoms with Crippen LogP contribution in [0.2, 0.25) is 65.5 Å². The molecule has 3 rings (SSSR count). The van der Waals surface area contributed by atoms with E-state index in [4.69, 9.17) is 3.57 Å². The molecule has 0 aliphatic heterocycles. The van der Waals surface area contributed by atoms with Gasteiger partial charge in [0.1, 0.15) is 0 Å². The molecule has 201 valence electrons. The van der Waals surface area contributed by atoms with Crippen molar-refractivity contribution in [2.24, 2.45) is 0 Å². The van der Waals surface area contributed by atoms with E-state index in [-0.39, 0.29) is 28.3 Å². The summed E-state index contributed by atoms with van der Waals surface area (Å²) in [5.74, 6) is 0. The van der Waals surface area contributed by atoms with Crippen molar-refractivity contribution in [3.8, 4) is 11.1 Å². The second-order valence-electron chi connectivity index (χ2n) is 11.8. The smallest absolute Gasteiger partial charge is 0 e. The van der Waals surface area contributed by atoms with Crippen molar-refractivity contribution >= 4 is 54.0 Å². The quantitative estimate of drug-likeness (QED) is 0.359. The summed E-state index contributed by atoms with van der Waals surface area (Å²) in [7, 11) is -4.79. The molecule has 2 nitrogen and oxygen atoms in total. The second kappa shape index (κ2) is 15.2. The molecule has 0 amide bonds. The molecule has 2 radical (unpaired) electrons. The van der Waals surface area contributed by atoms with Crippen molar-refractivity contribution in [1.82, 2.24) is 0 Å². The Bertz CT molecular complexity index is 1000. The first-order valence-corrected chi connectivity index (χ1v) is 25.2. The van der Waals surface area contributed by atoms with E-state index in [1.165, 1.54) is 44.9 Å². The summed E-state index contributed by atoms with van der Waals surface area (Å²) in [6.07, 6.45) is 0. The third kappa shape index (κ3) is 11.5. The van der Waals surface area contributed by atoms with Crippen LogP contribution in [-0.2, 0) is 41.3 Å². The molecule has 0 spiro atoms. The van der Waals surface area contributed by atoms with Gasteiger partial charge in [0, 0.05) is 19.5 Å². The molecule has 0 saturated carbocycles. The van der Waals surface area contributed by atoms with E-state index in [1.807, 2.05) is 13.1 Å². The summed E-state index contributed by atoms with van der Waals surface area (Å²) in [4.78, 5) is 9.93. The molecule has 36 heavy (non-hydrogen) atoms. The summed E-state index contributed by atoms with van der Waals surface area (Å²) in [5.41, 5.74) is 2.66. The minimum Gasteiger partial charge on any atom is 0 e. The fourth-order valence-corrected chi connectivity index (χ4v) is 7.69. The monoisotopic (exact) mass is 729 g/mol. The van der Waals surface area contributed by atoms with Gasteiger partial charge in [-0.25, -0.2) is 0 Å². The Labute approximate surface area is 247 Å². The molecule has 0 unspecified atom stereocenters. The predicted molar refractivity (Wildman–Crippen MR) is 161 cm³/mol. The van der Waals surface area contributed by atoms with Crippen LogP contribution in [0.3, 0.4) is 0 Å². The van der Waals surface area contributed by atoms with Crippen LogP contribution in [0.25, 0.3) is 11.1 Å². The van der Waals surface area contributed by atoms with Gasteiger partial charge in [-0.1, -0.05) is 141 Å². The van der Waals surface area contributed by atoms with Gasteiger partial charge >= 0.3 is 21.8 Å². The van der Waals surface area contributed by atoms with Crippen molar-refractivity contribution in [3.05, 3.63) is 72.8 Å². The fraction of sp³-hybridized carbons (Fsp3) is 0.357. The van der Waals surface area contributed by atoms with Gasteiger partial charge in [0.15, 0.2) is 0 Å². The van der Waals surface area contributed by atoms with Crippen LogP contribution in [0.1, 0.15) is 0 Å². The number of hydrogen-bond donors (Lipinski definition) is 1. The Balaban J connectivity index is 0.000000645. The Kier molecular flexibility index (Phi) is 15.0. The van der Waals surface area contributed by atoms with Crippen molar-refractivity contribution in [3.63, 3.8) is 0 Å². The summed E-state index contributed by atoms with van der Waals surface area (Å²) < 4.78 is 8.14. The first-order valence-electron chi connectivity index (χ1n) is 12.1. The van der Waals surface area contributed by atoms with Crippen LogP contribution in [0, 0.1) is 0 Å². The Hall–Kier alpha value is -0.466. The summed E-state index contributed by atoms with van der Waals surface area (Å²) >= 11 is 1.30. The largest absolute Gasteiger partial charge is 0 e. The summed E-state index contributed by atoms with van der Waals surface area (Å²) in [6.45, 7) is 22.8. The van der Waals surface area contributed by atoms with Crippen LogP contribution < -0.4 is 20.7 Å². The minimum absolute atomic E-state index is 0. The van der Waals surface area contributed by atoms with E-state index in [2.05, 4.69) is 125 Å². The fourth-order valence-electron chi connectivity index (χ4n) is 3.54. The SMILES string of the molecule is C[Si](C)(C)c1ccc([Si](C)(C)O)cc1.C[Si](C)c1ccc(-c2ccc([Si](C)(C)C)cc2)cc1.[O]=[Rh].[Rh]. The average Bonchev–Trinajstić information content (AvgIpc) is 2.79. The van der Waals surface area contributed by atoms with Crippen LogP contribution in [0.5, 0.6) is 0 Å². The molecule has 3 aromatic rings. The first kappa shape index (κ1) is 35.5. The molecule has 0 aliphatic carbocycles. The minimum atomic E-state index is -2.10. The molecule has 0 aliphatic rings. The Morgan fingerprint density at radius 3 is 1.11 bits per heavy atom. The molecular weight excluding hydrogens is 686 g/mol. The first-order chi connectivity index (χ1) is 16.1. The van der Waals surface area contributed by atoms with E-state index in [1.54, 1.807) is 0 Å². The van der Waals surface area contributed by atoms with E-state index in [0.29, 0.717) is 0 Å². The molecule has 0 fully saturated rings. The predicted octanol–water partition coefficient (Wildman–Crippen LogP) is 5.37. The van der Waals surface area contributed by atoms with Gasteiger partial charge < -0.3 is 4.80 Å². The maximum absolute atomic E-state index is 9.93. The zero-order valence-electron chi connectivity index (χ0n) is 23.5. The number of rotatable bonds is 5. The maximum atomic E-state index is 9.93. The normalized spacial score (nSPS) is 11.5.